The highest BCUT2D eigenvalue weighted by Gasteiger charge is 2.45. The standard InChI is InChI=1S/C14H27N3O3/c1-14(2)7-6-8-17(11(14)12(18)19)13(20)16(5)10-9-15(3)4/h11H,6-10H2,1-5H3,(H,18,19). The highest BCUT2D eigenvalue weighted by Crippen LogP contribution is 2.35. The molecule has 1 aliphatic rings. The zero-order valence-electron chi connectivity index (χ0n) is 13.2. The minimum Gasteiger partial charge on any atom is -0.480 e. The number of likely N-dealkylation sites (tertiary alicyclic amines) is 1. The molecule has 0 aromatic rings. The Hall–Kier alpha value is -1.30. The molecule has 1 atom stereocenters. The summed E-state index contributed by atoms with van der Waals surface area (Å²) in [6, 6.07) is -0.933. The first-order valence-corrected chi connectivity index (χ1v) is 7.06. The molecular formula is C14H27N3O3. The largest absolute Gasteiger partial charge is 0.480 e. The Kier molecular flexibility index (Phi) is 5.39. The average Bonchev–Trinajstić information content (AvgIpc) is 2.32. The van der Waals surface area contributed by atoms with Gasteiger partial charge in [-0.15, -0.1) is 0 Å². The molecule has 0 aromatic carbocycles. The Labute approximate surface area is 121 Å². The maximum atomic E-state index is 12.5. The molecule has 1 aliphatic heterocycles. The molecule has 6 heteroatoms. The second-order valence-corrected chi connectivity index (χ2v) is 6.53. The number of rotatable bonds is 4. The summed E-state index contributed by atoms with van der Waals surface area (Å²) in [5, 5.41) is 9.47. The van der Waals surface area contributed by atoms with Crippen LogP contribution in [0.4, 0.5) is 4.79 Å². The fourth-order valence-corrected chi connectivity index (χ4v) is 2.73. The van der Waals surface area contributed by atoms with Gasteiger partial charge in [0.15, 0.2) is 0 Å². The third-order valence-electron chi connectivity index (χ3n) is 3.96. The summed E-state index contributed by atoms with van der Waals surface area (Å²) in [7, 11) is 5.62. The number of amides is 2. The van der Waals surface area contributed by atoms with Crippen molar-refractivity contribution in [2.75, 3.05) is 40.8 Å². The zero-order valence-corrected chi connectivity index (χ0v) is 13.2. The maximum absolute atomic E-state index is 12.5. The van der Waals surface area contributed by atoms with E-state index in [1.54, 1.807) is 11.9 Å². The number of aliphatic carboxylic acids is 1. The summed E-state index contributed by atoms with van der Waals surface area (Å²) < 4.78 is 0. The van der Waals surface area contributed by atoms with E-state index < -0.39 is 12.0 Å². The molecule has 0 aromatic heterocycles. The lowest BCUT2D eigenvalue weighted by molar-refractivity contribution is -0.148. The molecule has 0 aliphatic carbocycles. The van der Waals surface area contributed by atoms with E-state index in [9.17, 15) is 14.7 Å². The number of carbonyl (C=O) groups is 2. The van der Waals surface area contributed by atoms with Crippen molar-refractivity contribution >= 4 is 12.0 Å². The third-order valence-corrected chi connectivity index (χ3v) is 3.96. The molecule has 20 heavy (non-hydrogen) atoms. The molecule has 1 heterocycles. The Morgan fingerprint density at radius 1 is 1.25 bits per heavy atom. The molecule has 0 bridgehead atoms. The van der Waals surface area contributed by atoms with Crippen LogP contribution in [0.5, 0.6) is 0 Å². The number of likely N-dealkylation sites (N-methyl/N-ethyl adjacent to an activating group) is 2. The van der Waals surface area contributed by atoms with Crippen molar-refractivity contribution in [2.24, 2.45) is 5.41 Å². The topological polar surface area (TPSA) is 64.1 Å². The number of carboxylic acid groups (broad SMARTS) is 1. The molecule has 1 unspecified atom stereocenters. The van der Waals surface area contributed by atoms with Gasteiger partial charge < -0.3 is 19.8 Å². The first-order valence-electron chi connectivity index (χ1n) is 7.06. The van der Waals surface area contributed by atoms with E-state index in [1.807, 2.05) is 32.8 Å². The lowest BCUT2D eigenvalue weighted by Gasteiger charge is -2.45. The average molecular weight is 285 g/mol. The van der Waals surface area contributed by atoms with Gasteiger partial charge in [-0.25, -0.2) is 9.59 Å². The van der Waals surface area contributed by atoms with Gasteiger partial charge >= 0.3 is 12.0 Å². The van der Waals surface area contributed by atoms with Crippen molar-refractivity contribution in [1.29, 1.82) is 0 Å². The van der Waals surface area contributed by atoms with Crippen LogP contribution in [0, 0.1) is 5.41 Å². The summed E-state index contributed by atoms with van der Waals surface area (Å²) in [5.74, 6) is -0.913. The number of carbonyl (C=O) groups excluding carboxylic acids is 1. The van der Waals surface area contributed by atoms with Gasteiger partial charge in [0.05, 0.1) is 0 Å². The zero-order chi connectivity index (χ0) is 15.5. The van der Waals surface area contributed by atoms with Crippen LogP contribution in [0.2, 0.25) is 0 Å². The summed E-state index contributed by atoms with van der Waals surface area (Å²) in [6.07, 6.45) is 1.68. The van der Waals surface area contributed by atoms with Gasteiger partial charge in [0, 0.05) is 26.7 Å². The maximum Gasteiger partial charge on any atom is 0.327 e. The van der Waals surface area contributed by atoms with Gasteiger partial charge in [-0.05, 0) is 32.4 Å². The Morgan fingerprint density at radius 3 is 2.35 bits per heavy atom. The smallest absolute Gasteiger partial charge is 0.327 e. The van der Waals surface area contributed by atoms with Crippen LogP contribution in [-0.4, -0.2) is 78.6 Å². The highest BCUT2D eigenvalue weighted by atomic mass is 16.4. The number of hydrogen-bond acceptors (Lipinski definition) is 3. The van der Waals surface area contributed by atoms with Gasteiger partial charge in [-0.1, -0.05) is 13.8 Å². The van der Waals surface area contributed by atoms with Gasteiger partial charge in [0.2, 0.25) is 0 Å². The lowest BCUT2D eigenvalue weighted by atomic mass is 9.76. The second kappa shape index (κ2) is 6.43. The molecule has 1 saturated heterocycles. The van der Waals surface area contributed by atoms with E-state index in [1.165, 1.54) is 4.90 Å². The molecule has 0 radical (unpaired) electrons. The van der Waals surface area contributed by atoms with E-state index in [-0.39, 0.29) is 11.4 Å². The van der Waals surface area contributed by atoms with E-state index in [0.717, 1.165) is 19.4 Å². The Balaban J connectivity index is 2.81. The minimum absolute atomic E-state index is 0.188. The number of urea groups is 1. The van der Waals surface area contributed by atoms with E-state index in [0.29, 0.717) is 13.1 Å². The predicted octanol–water partition coefficient (Wildman–Crippen LogP) is 1.17. The second-order valence-electron chi connectivity index (χ2n) is 6.53. The molecule has 1 N–H and O–H groups in total. The number of piperidine rings is 1. The summed E-state index contributed by atoms with van der Waals surface area (Å²) >= 11 is 0. The molecule has 2 amide bonds. The molecule has 0 saturated carbocycles. The first-order chi connectivity index (χ1) is 9.16. The normalized spacial score (nSPS) is 21.9. The van der Waals surface area contributed by atoms with Gasteiger partial charge in [-0.2, -0.15) is 0 Å². The van der Waals surface area contributed by atoms with Crippen molar-refractivity contribution in [3.8, 4) is 0 Å². The first kappa shape index (κ1) is 16.8. The van der Waals surface area contributed by atoms with Crippen LogP contribution < -0.4 is 0 Å². The monoisotopic (exact) mass is 285 g/mol. The molecule has 0 spiro atoms. The van der Waals surface area contributed by atoms with Gasteiger partial charge in [0.25, 0.3) is 0 Å². The van der Waals surface area contributed by atoms with Gasteiger partial charge in [-0.3, -0.25) is 0 Å². The number of nitrogens with zero attached hydrogens (tertiary/aromatic N) is 3. The van der Waals surface area contributed by atoms with Crippen molar-refractivity contribution in [2.45, 2.75) is 32.7 Å². The third kappa shape index (κ3) is 3.85. The lowest BCUT2D eigenvalue weighted by Crippen LogP contribution is -2.59. The van der Waals surface area contributed by atoms with Crippen LogP contribution >= 0.6 is 0 Å². The SMILES string of the molecule is CN(C)CCN(C)C(=O)N1CCCC(C)(C)C1C(=O)O. The quantitative estimate of drug-likeness (QED) is 0.842. The molecular weight excluding hydrogens is 258 g/mol. The Morgan fingerprint density at radius 2 is 1.85 bits per heavy atom. The fourth-order valence-electron chi connectivity index (χ4n) is 2.73. The van der Waals surface area contributed by atoms with E-state index in [2.05, 4.69) is 0 Å². The van der Waals surface area contributed by atoms with Crippen LogP contribution in [0.25, 0.3) is 0 Å². The van der Waals surface area contributed by atoms with E-state index in [4.69, 9.17) is 0 Å². The summed E-state index contributed by atoms with van der Waals surface area (Å²) in [6.45, 7) is 5.72. The highest BCUT2D eigenvalue weighted by molar-refractivity contribution is 5.83. The van der Waals surface area contributed by atoms with Gasteiger partial charge in [0.1, 0.15) is 6.04 Å². The predicted molar refractivity (Wildman–Crippen MR) is 77.7 cm³/mol. The van der Waals surface area contributed by atoms with Crippen molar-refractivity contribution in [1.82, 2.24) is 14.7 Å². The van der Waals surface area contributed by atoms with Crippen molar-refractivity contribution < 1.29 is 14.7 Å². The number of carboxylic acids is 1. The Bertz CT molecular complexity index is 369. The van der Waals surface area contributed by atoms with E-state index >= 15 is 0 Å². The molecule has 1 rings (SSSR count). The number of hydrogen-bond donors (Lipinski definition) is 1. The molecule has 1 fully saturated rings. The van der Waals surface area contributed by atoms with Crippen LogP contribution in [0.15, 0.2) is 0 Å². The summed E-state index contributed by atoms with van der Waals surface area (Å²) in [4.78, 5) is 29.2. The van der Waals surface area contributed by atoms with Crippen molar-refractivity contribution in [3.05, 3.63) is 0 Å². The summed E-state index contributed by atoms with van der Waals surface area (Å²) in [5.41, 5.74) is -0.387. The van der Waals surface area contributed by atoms with Crippen molar-refractivity contribution in [3.63, 3.8) is 0 Å². The molecule has 6 nitrogen and oxygen atoms in total. The fraction of sp³-hybridized carbons (Fsp3) is 0.857. The van der Waals surface area contributed by atoms with Crippen LogP contribution in [-0.2, 0) is 4.79 Å². The molecule has 116 valence electrons. The van der Waals surface area contributed by atoms with Crippen LogP contribution in [0.1, 0.15) is 26.7 Å². The van der Waals surface area contributed by atoms with Crippen LogP contribution in [0.3, 0.4) is 0 Å². The minimum atomic E-state index is -0.913.